The van der Waals surface area contributed by atoms with Crippen molar-refractivity contribution in [3.8, 4) is 11.8 Å². The van der Waals surface area contributed by atoms with Crippen molar-refractivity contribution < 1.29 is 13.9 Å². The van der Waals surface area contributed by atoms with Crippen LogP contribution in [0.5, 0.6) is 5.75 Å². The fourth-order valence-electron chi connectivity index (χ4n) is 2.20. The number of nitriles is 1. The van der Waals surface area contributed by atoms with E-state index in [2.05, 4.69) is 5.32 Å². The zero-order chi connectivity index (χ0) is 17.1. The minimum atomic E-state index is -0.554. The van der Waals surface area contributed by atoms with Gasteiger partial charge < -0.3 is 14.5 Å². The van der Waals surface area contributed by atoms with Crippen molar-refractivity contribution in [2.45, 2.75) is 0 Å². The van der Waals surface area contributed by atoms with Crippen LogP contribution >= 0.6 is 0 Å². The summed E-state index contributed by atoms with van der Waals surface area (Å²) in [6.07, 6.45) is 0. The number of ether oxygens (including phenoxy) is 1. The Bertz CT molecular complexity index is 1010. The van der Waals surface area contributed by atoms with Gasteiger partial charge in [0.05, 0.1) is 24.1 Å². The minimum Gasteiger partial charge on any atom is -0.497 e. The molecule has 3 rings (SSSR count). The molecule has 0 spiro atoms. The highest BCUT2D eigenvalue weighted by Crippen LogP contribution is 2.20. The number of hydrogen-bond acceptors (Lipinski definition) is 5. The van der Waals surface area contributed by atoms with Gasteiger partial charge in [0, 0.05) is 17.8 Å². The molecule has 0 aliphatic heterocycles. The van der Waals surface area contributed by atoms with Gasteiger partial charge in [0.15, 0.2) is 11.2 Å². The van der Waals surface area contributed by atoms with Gasteiger partial charge in [-0.1, -0.05) is 0 Å². The summed E-state index contributed by atoms with van der Waals surface area (Å²) >= 11 is 0. The van der Waals surface area contributed by atoms with Gasteiger partial charge in [-0.2, -0.15) is 5.26 Å². The topological polar surface area (TPSA) is 92.3 Å². The van der Waals surface area contributed by atoms with Crippen molar-refractivity contribution in [2.24, 2.45) is 0 Å². The first kappa shape index (κ1) is 15.3. The number of amides is 1. The number of benzene rings is 2. The molecule has 118 valence electrons. The van der Waals surface area contributed by atoms with Crippen molar-refractivity contribution >= 4 is 22.6 Å². The van der Waals surface area contributed by atoms with Crippen LogP contribution in [0.25, 0.3) is 11.0 Å². The maximum absolute atomic E-state index is 12.3. The lowest BCUT2D eigenvalue weighted by molar-refractivity contribution is 0.0997. The fourth-order valence-corrected chi connectivity index (χ4v) is 2.20. The summed E-state index contributed by atoms with van der Waals surface area (Å²) in [4.78, 5) is 24.4. The van der Waals surface area contributed by atoms with E-state index in [0.29, 0.717) is 22.4 Å². The van der Waals surface area contributed by atoms with E-state index in [1.807, 2.05) is 6.07 Å². The number of anilines is 1. The average Bonchev–Trinajstić information content (AvgIpc) is 2.61. The van der Waals surface area contributed by atoms with E-state index in [1.54, 1.807) is 42.5 Å². The lowest BCUT2D eigenvalue weighted by atomic mass is 10.2. The standard InChI is InChI=1S/C18H12N2O4/c1-23-13-6-7-14-15(21)9-17(24-16(14)8-13)18(22)20-12-4-2-11(10-19)3-5-12/h2-9H,1H3,(H,20,22). The van der Waals surface area contributed by atoms with E-state index in [0.717, 1.165) is 6.07 Å². The number of nitrogens with zero attached hydrogens (tertiary/aromatic N) is 1. The predicted octanol–water partition coefficient (Wildman–Crippen LogP) is 2.93. The molecule has 6 nitrogen and oxygen atoms in total. The third-order valence-electron chi connectivity index (χ3n) is 3.43. The van der Waals surface area contributed by atoms with Crippen molar-refractivity contribution in [3.63, 3.8) is 0 Å². The molecular weight excluding hydrogens is 308 g/mol. The molecule has 6 heteroatoms. The molecule has 0 atom stereocenters. The van der Waals surface area contributed by atoms with Crippen LogP contribution < -0.4 is 15.5 Å². The van der Waals surface area contributed by atoms with Crippen LogP contribution in [0.3, 0.4) is 0 Å². The van der Waals surface area contributed by atoms with Gasteiger partial charge in [-0.25, -0.2) is 0 Å². The van der Waals surface area contributed by atoms with Crippen LogP contribution in [0.1, 0.15) is 16.1 Å². The molecule has 1 N–H and O–H groups in total. The van der Waals surface area contributed by atoms with Crippen molar-refractivity contribution in [1.29, 1.82) is 5.26 Å². The molecule has 0 radical (unpaired) electrons. The lowest BCUT2D eigenvalue weighted by Crippen LogP contribution is -2.15. The smallest absolute Gasteiger partial charge is 0.291 e. The number of hydrogen-bond donors (Lipinski definition) is 1. The van der Waals surface area contributed by atoms with Crippen LogP contribution in [-0.2, 0) is 0 Å². The molecule has 0 saturated heterocycles. The first-order valence-electron chi connectivity index (χ1n) is 7.04. The van der Waals surface area contributed by atoms with Crippen LogP contribution in [0.2, 0.25) is 0 Å². The predicted molar refractivity (Wildman–Crippen MR) is 88.1 cm³/mol. The van der Waals surface area contributed by atoms with Crippen LogP contribution in [0, 0.1) is 11.3 Å². The summed E-state index contributed by atoms with van der Waals surface area (Å²) in [5.74, 6) is -0.137. The number of fused-ring (bicyclic) bond motifs is 1. The number of methoxy groups -OCH3 is 1. The molecule has 0 aliphatic rings. The number of carbonyl (C=O) groups excluding carboxylic acids is 1. The SMILES string of the molecule is COc1ccc2c(=O)cc(C(=O)Nc3ccc(C#N)cc3)oc2c1. The van der Waals surface area contributed by atoms with Gasteiger partial charge in [-0.3, -0.25) is 9.59 Å². The van der Waals surface area contributed by atoms with Gasteiger partial charge in [0.25, 0.3) is 5.91 Å². The third-order valence-corrected chi connectivity index (χ3v) is 3.43. The zero-order valence-electron chi connectivity index (χ0n) is 12.7. The summed E-state index contributed by atoms with van der Waals surface area (Å²) in [6.45, 7) is 0. The van der Waals surface area contributed by atoms with Crippen molar-refractivity contribution in [3.05, 3.63) is 70.1 Å². The molecule has 2 aromatic carbocycles. The Morgan fingerprint density at radius 2 is 1.92 bits per heavy atom. The maximum atomic E-state index is 12.3. The molecular formula is C18H12N2O4. The highest BCUT2D eigenvalue weighted by Gasteiger charge is 2.13. The van der Waals surface area contributed by atoms with E-state index in [4.69, 9.17) is 14.4 Å². The molecule has 0 fully saturated rings. The minimum absolute atomic E-state index is 0.106. The maximum Gasteiger partial charge on any atom is 0.291 e. The van der Waals surface area contributed by atoms with E-state index in [9.17, 15) is 9.59 Å². The Morgan fingerprint density at radius 1 is 1.17 bits per heavy atom. The second-order valence-corrected chi connectivity index (χ2v) is 4.98. The molecule has 3 aromatic rings. The summed E-state index contributed by atoms with van der Waals surface area (Å²) in [6, 6.07) is 14.3. The van der Waals surface area contributed by atoms with E-state index < -0.39 is 5.91 Å². The molecule has 0 saturated carbocycles. The van der Waals surface area contributed by atoms with E-state index >= 15 is 0 Å². The Balaban J connectivity index is 1.94. The Labute approximate surface area is 136 Å². The largest absolute Gasteiger partial charge is 0.497 e. The molecule has 1 amide bonds. The molecule has 1 heterocycles. The van der Waals surface area contributed by atoms with Gasteiger partial charge >= 0.3 is 0 Å². The number of rotatable bonds is 3. The second-order valence-electron chi connectivity index (χ2n) is 4.98. The van der Waals surface area contributed by atoms with Crippen LogP contribution in [-0.4, -0.2) is 13.0 Å². The van der Waals surface area contributed by atoms with E-state index in [1.165, 1.54) is 7.11 Å². The van der Waals surface area contributed by atoms with Gasteiger partial charge in [0.1, 0.15) is 11.3 Å². The first-order chi connectivity index (χ1) is 11.6. The molecule has 1 aromatic heterocycles. The third kappa shape index (κ3) is 2.96. The zero-order valence-corrected chi connectivity index (χ0v) is 12.7. The molecule has 24 heavy (non-hydrogen) atoms. The molecule has 0 aliphatic carbocycles. The van der Waals surface area contributed by atoms with Gasteiger partial charge in [0.2, 0.25) is 0 Å². The van der Waals surface area contributed by atoms with Gasteiger partial charge in [-0.15, -0.1) is 0 Å². The number of carbonyl (C=O) groups is 1. The van der Waals surface area contributed by atoms with E-state index in [-0.39, 0.29) is 16.8 Å². The quantitative estimate of drug-likeness (QED) is 0.801. The molecule has 0 unspecified atom stereocenters. The van der Waals surface area contributed by atoms with Crippen LogP contribution in [0.4, 0.5) is 5.69 Å². The highest BCUT2D eigenvalue weighted by molar-refractivity contribution is 6.03. The van der Waals surface area contributed by atoms with Crippen molar-refractivity contribution in [1.82, 2.24) is 0 Å². The average molecular weight is 320 g/mol. The first-order valence-corrected chi connectivity index (χ1v) is 7.04. The Hall–Kier alpha value is -3.59. The normalized spacial score (nSPS) is 10.2. The summed E-state index contributed by atoms with van der Waals surface area (Å²) in [5.41, 5.74) is 0.931. The highest BCUT2D eigenvalue weighted by atomic mass is 16.5. The van der Waals surface area contributed by atoms with Gasteiger partial charge in [-0.05, 0) is 36.4 Å². The Kier molecular flexibility index (Phi) is 4.00. The second kappa shape index (κ2) is 6.26. The summed E-state index contributed by atoms with van der Waals surface area (Å²) in [5, 5.41) is 11.7. The Morgan fingerprint density at radius 3 is 2.58 bits per heavy atom. The molecule has 0 bridgehead atoms. The number of nitrogens with one attached hydrogen (secondary N) is 1. The monoisotopic (exact) mass is 320 g/mol. The fraction of sp³-hybridized carbons (Fsp3) is 0.0556. The summed E-state index contributed by atoms with van der Waals surface area (Å²) < 4.78 is 10.6. The van der Waals surface area contributed by atoms with Crippen molar-refractivity contribution in [2.75, 3.05) is 12.4 Å². The summed E-state index contributed by atoms with van der Waals surface area (Å²) in [7, 11) is 1.50. The lowest BCUT2D eigenvalue weighted by Gasteiger charge is -2.06. The van der Waals surface area contributed by atoms with Crippen LogP contribution in [0.15, 0.2) is 57.7 Å².